The molecule has 98 valence electrons. The van der Waals surface area contributed by atoms with Crippen molar-refractivity contribution in [1.29, 1.82) is 0 Å². The summed E-state index contributed by atoms with van der Waals surface area (Å²) in [4.78, 5) is 11.6. The molecule has 1 aromatic carbocycles. The number of rotatable bonds is 2. The van der Waals surface area contributed by atoms with Gasteiger partial charge in [-0.25, -0.2) is 0 Å². The molecule has 19 heavy (non-hydrogen) atoms. The molecule has 0 bridgehead atoms. The van der Waals surface area contributed by atoms with E-state index < -0.39 is 11.9 Å². The second-order valence-corrected chi connectivity index (χ2v) is 4.60. The minimum Gasteiger partial charge on any atom is -0.319 e. The number of anilines is 1. The van der Waals surface area contributed by atoms with Crippen LogP contribution in [0.2, 0.25) is 0 Å². The number of hydrogen-bond acceptors (Lipinski definition) is 4. The number of nitrogens with two attached hydrogens (primary N) is 1. The van der Waals surface area contributed by atoms with E-state index in [-0.39, 0.29) is 0 Å². The Morgan fingerprint density at radius 2 is 2.11 bits per heavy atom. The van der Waals surface area contributed by atoms with Gasteiger partial charge in [0.25, 0.3) is 5.91 Å². The van der Waals surface area contributed by atoms with Gasteiger partial charge in [-0.3, -0.25) is 14.7 Å². The van der Waals surface area contributed by atoms with Crippen molar-refractivity contribution in [2.75, 3.05) is 5.06 Å². The molecular formula is C13H14N4O2. The maximum absolute atomic E-state index is 11.6. The van der Waals surface area contributed by atoms with Gasteiger partial charge in [-0.15, -0.1) is 0 Å². The summed E-state index contributed by atoms with van der Waals surface area (Å²) in [7, 11) is 0. The van der Waals surface area contributed by atoms with Crippen LogP contribution in [0, 0.1) is 0 Å². The third kappa shape index (κ3) is 2.11. The van der Waals surface area contributed by atoms with Gasteiger partial charge < -0.3 is 5.73 Å². The Kier molecular flexibility index (Phi) is 2.81. The summed E-state index contributed by atoms with van der Waals surface area (Å²) in [5, 5.41) is 14.7. The number of carbonyl (C=O) groups is 1. The van der Waals surface area contributed by atoms with Crippen LogP contribution in [0.25, 0.3) is 0 Å². The SMILES string of the molecule is NC1Cc2nn(Cc3ccccc3)cc2N(O)C1=O. The topological polar surface area (TPSA) is 84.4 Å². The summed E-state index contributed by atoms with van der Waals surface area (Å²) in [6.45, 7) is 0.588. The highest BCUT2D eigenvalue weighted by Crippen LogP contribution is 2.25. The van der Waals surface area contributed by atoms with Crippen LogP contribution < -0.4 is 10.8 Å². The van der Waals surface area contributed by atoms with E-state index in [0.717, 1.165) is 5.56 Å². The van der Waals surface area contributed by atoms with Gasteiger partial charge >= 0.3 is 0 Å². The van der Waals surface area contributed by atoms with Gasteiger partial charge in [0.2, 0.25) is 0 Å². The maximum Gasteiger partial charge on any atom is 0.268 e. The molecule has 0 saturated heterocycles. The van der Waals surface area contributed by atoms with E-state index in [1.165, 1.54) is 0 Å². The smallest absolute Gasteiger partial charge is 0.268 e. The summed E-state index contributed by atoms with van der Waals surface area (Å²) in [6.07, 6.45) is 2.01. The van der Waals surface area contributed by atoms with E-state index in [9.17, 15) is 10.0 Å². The molecule has 0 saturated carbocycles. The van der Waals surface area contributed by atoms with Gasteiger partial charge in [0.15, 0.2) is 0 Å². The molecule has 3 N–H and O–H groups in total. The Labute approximate surface area is 110 Å². The summed E-state index contributed by atoms with van der Waals surface area (Å²) >= 11 is 0. The van der Waals surface area contributed by atoms with Crippen LogP contribution in [-0.4, -0.2) is 26.9 Å². The molecule has 2 heterocycles. The minimum absolute atomic E-state index is 0.354. The first kappa shape index (κ1) is 11.9. The van der Waals surface area contributed by atoms with Crippen LogP contribution in [0.3, 0.4) is 0 Å². The monoisotopic (exact) mass is 258 g/mol. The van der Waals surface area contributed by atoms with Gasteiger partial charge in [0.1, 0.15) is 5.69 Å². The molecule has 0 radical (unpaired) electrons. The van der Waals surface area contributed by atoms with E-state index >= 15 is 0 Å². The van der Waals surface area contributed by atoms with E-state index in [1.54, 1.807) is 10.9 Å². The highest BCUT2D eigenvalue weighted by atomic mass is 16.5. The molecule has 1 atom stereocenters. The van der Waals surface area contributed by atoms with Crippen LogP contribution >= 0.6 is 0 Å². The van der Waals surface area contributed by atoms with E-state index in [0.29, 0.717) is 29.4 Å². The average Bonchev–Trinajstić information content (AvgIpc) is 2.80. The van der Waals surface area contributed by atoms with E-state index in [1.807, 2.05) is 30.3 Å². The van der Waals surface area contributed by atoms with Crippen LogP contribution in [-0.2, 0) is 17.8 Å². The summed E-state index contributed by atoms with van der Waals surface area (Å²) in [6, 6.07) is 9.12. The van der Waals surface area contributed by atoms with Crippen molar-refractivity contribution in [2.45, 2.75) is 19.0 Å². The average molecular weight is 258 g/mol. The Morgan fingerprint density at radius 1 is 1.37 bits per heavy atom. The molecule has 1 aliphatic rings. The van der Waals surface area contributed by atoms with Gasteiger partial charge in [-0.1, -0.05) is 30.3 Å². The molecule has 2 aromatic rings. The number of hydrogen-bond donors (Lipinski definition) is 2. The van der Waals surface area contributed by atoms with Crippen molar-refractivity contribution in [3.05, 3.63) is 47.8 Å². The van der Waals surface area contributed by atoms with Crippen LogP contribution in [0.4, 0.5) is 5.69 Å². The molecule has 1 aromatic heterocycles. The lowest BCUT2D eigenvalue weighted by Crippen LogP contribution is -2.47. The standard InChI is InChI=1S/C13H14N4O2/c14-10-6-11-12(17(19)13(10)18)8-16(15-11)7-9-4-2-1-3-5-9/h1-5,8,10,19H,6-7,14H2. The quantitative estimate of drug-likeness (QED) is 0.770. The second kappa shape index (κ2) is 4.49. The molecule has 3 rings (SSSR count). The first-order valence-electron chi connectivity index (χ1n) is 6.04. The van der Waals surface area contributed by atoms with Gasteiger partial charge in [0, 0.05) is 6.42 Å². The summed E-state index contributed by atoms with van der Waals surface area (Å²) in [5.41, 5.74) is 7.81. The highest BCUT2D eigenvalue weighted by molar-refractivity contribution is 5.97. The third-order valence-electron chi connectivity index (χ3n) is 3.17. The number of nitrogens with zero attached hydrogens (tertiary/aromatic N) is 3. The van der Waals surface area contributed by atoms with E-state index in [2.05, 4.69) is 5.10 Å². The van der Waals surface area contributed by atoms with Gasteiger partial charge in [-0.2, -0.15) is 10.2 Å². The van der Waals surface area contributed by atoms with Crippen LogP contribution in [0.1, 0.15) is 11.3 Å². The van der Waals surface area contributed by atoms with Crippen LogP contribution in [0.15, 0.2) is 36.5 Å². The Balaban J connectivity index is 1.89. The zero-order valence-corrected chi connectivity index (χ0v) is 10.2. The number of carbonyl (C=O) groups excluding carboxylic acids is 1. The fraction of sp³-hybridized carbons (Fsp3) is 0.231. The molecule has 0 spiro atoms. The van der Waals surface area contributed by atoms with Crippen molar-refractivity contribution in [3.63, 3.8) is 0 Å². The predicted octanol–water partition coefficient (Wildman–Crippen LogP) is 0.537. The van der Waals surface area contributed by atoms with Crippen molar-refractivity contribution in [3.8, 4) is 0 Å². The van der Waals surface area contributed by atoms with Crippen molar-refractivity contribution in [2.24, 2.45) is 5.73 Å². The second-order valence-electron chi connectivity index (χ2n) is 4.60. The number of hydroxylamine groups is 1. The third-order valence-corrected chi connectivity index (χ3v) is 3.17. The Bertz CT molecular complexity index is 608. The fourth-order valence-corrected chi connectivity index (χ4v) is 2.20. The first-order chi connectivity index (χ1) is 9.15. The van der Waals surface area contributed by atoms with Crippen molar-refractivity contribution in [1.82, 2.24) is 9.78 Å². The molecule has 0 fully saturated rings. The predicted molar refractivity (Wildman–Crippen MR) is 68.7 cm³/mol. The zero-order chi connectivity index (χ0) is 13.4. The highest BCUT2D eigenvalue weighted by Gasteiger charge is 2.32. The van der Waals surface area contributed by atoms with Gasteiger partial charge in [0.05, 0.1) is 24.5 Å². The number of fused-ring (bicyclic) bond motifs is 1. The van der Waals surface area contributed by atoms with Crippen molar-refractivity contribution < 1.29 is 10.0 Å². The van der Waals surface area contributed by atoms with Crippen LogP contribution in [0.5, 0.6) is 0 Å². The summed E-state index contributed by atoms with van der Waals surface area (Å²) in [5.74, 6) is -0.494. The Morgan fingerprint density at radius 3 is 2.84 bits per heavy atom. The molecule has 6 heteroatoms. The normalized spacial score (nSPS) is 18.5. The number of benzene rings is 1. The van der Waals surface area contributed by atoms with Crippen molar-refractivity contribution >= 4 is 11.6 Å². The lowest BCUT2D eigenvalue weighted by atomic mass is 10.1. The molecule has 0 aliphatic carbocycles. The molecule has 1 amide bonds. The molecule has 1 unspecified atom stereocenters. The zero-order valence-electron chi connectivity index (χ0n) is 10.2. The summed E-state index contributed by atoms with van der Waals surface area (Å²) < 4.78 is 1.70. The molecule has 1 aliphatic heterocycles. The van der Waals surface area contributed by atoms with E-state index in [4.69, 9.17) is 5.73 Å². The van der Waals surface area contributed by atoms with Gasteiger partial charge in [-0.05, 0) is 5.56 Å². The minimum atomic E-state index is -0.724. The molecule has 6 nitrogen and oxygen atoms in total. The Hall–Kier alpha value is -2.18. The largest absolute Gasteiger partial charge is 0.319 e. The molecular weight excluding hydrogens is 244 g/mol. The number of amides is 1. The lowest BCUT2D eigenvalue weighted by molar-refractivity contribution is -0.125. The fourth-order valence-electron chi connectivity index (χ4n) is 2.20. The maximum atomic E-state index is 11.6. The first-order valence-corrected chi connectivity index (χ1v) is 6.04. The number of aromatic nitrogens is 2. The lowest BCUT2D eigenvalue weighted by Gasteiger charge is -2.23.